The molecule has 30 heavy (non-hydrogen) atoms. The van der Waals surface area contributed by atoms with Crippen LogP contribution < -0.4 is 21.9 Å². The Morgan fingerprint density at radius 1 is 1.07 bits per heavy atom. The van der Waals surface area contributed by atoms with Gasteiger partial charge in [-0.1, -0.05) is 28.1 Å². The van der Waals surface area contributed by atoms with Crippen LogP contribution in [0.4, 0.5) is 23.0 Å². The fraction of sp³-hybridized carbons (Fsp3) is 0.100. The van der Waals surface area contributed by atoms with Crippen LogP contribution in [0.2, 0.25) is 0 Å². The molecule has 0 aliphatic rings. The van der Waals surface area contributed by atoms with Gasteiger partial charge in [-0.3, -0.25) is 15.6 Å². The highest BCUT2D eigenvalue weighted by atomic mass is 79.9. The number of esters is 1. The Bertz CT molecular complexity index is 1060. The van der Waals surface area contributed by atoms with E-state index in [1.54, 1.807) is 55.5 Å². The summed E-state index contributed by atoms with van der Waals surface area (Å²) in [6.07, 6.45) is 1.28. The monoisotopic (exact) mass is 470 g/mol. The fourth-order valence-electron chi connectivity index (χ4n) is 2.49. The molecule has 0 radical (unpaired) electrons. The molecule has 10 heteroatoms. The van der Waals surface area contributed by atoms with Crippen molar-refractivity contribution in [2.75, 3.05) is 23.1 Å². The Morgan fingerprint density at radius 2 is 1.77 bits per heavy atom. The summed E-state index contributed by atoms with van der Waals surface area (Å²) in [5.41, 5.74) is 12.8. The van der Waals surface area contributed by atoms with Gasteiger partial charge in [0.25, 0.3) is 5.91 Å². The molecule has 2 aromatic carbocycles. The van der Waals surface area contributed by atoms with Gasteiger partial charge >= 0.3 is 5.97 Å². The first kappa shape index (κ1) is 21.1. The highest BCUT2D eigenvalue weighted by Crippen LogP contribution is 2.27. The molecule has 0 unspecified atom stereocenters. The molecule has 0 saturated heterocycles. The second-order valence-electron chi connectivity index (χ2n) is 5.96. The van der Waals surface area contributed by atoms with E-state index in [0.717, 1.165) is 4.47 Å². The van der Waals surface area contributed by atoms with Crippen LogP contribution in [0.1, 0.15) is 27.6 Å². The summed E-state index contributed by atoms with van der Waals surface area (Å²) in [4.78, 5) is 32.6. The number of aromatic nitrogens is 2. The number of rotatable bonds is 7. The van der Waals surface area contributed by atoms with E-state index >= 15 is 0 Å². The quantitative estimate of drug-likeness (QED) is 0.304. The van der Waals surface area contributed by atoms with E-state index in [4.69, 9.17) is 10.5 Å². The maximum atomic E-state index is 12.3. The van der Waals surface area contributed by atoms with Gasteiger partial charge in [0.2, 0.25) is 0 Å². The molecule has 0 atom stereocenters. The summed E-state index contributed by atoms with van der Waals surface area (Å²) in [7, 11) is 0. The zero-order valence-electron chi connectivity index (χ0n) is 16.0. The number of hydrogen-bond acceptors (Lipinski definition) is 8. The lowest BCUT2D eigenvalue weighted by atomic mass is 10.2. The number of benzene rings is 2. The van der Waals surface area contributed by atoms with E-state index in [1.165, 1.54) is 6.33 Å². The van der Waals surface area contributed by atoms with Crippen molar-refractivity contribution in [1.29, 1.82) is 0 Å². The van der Waals surface area contributed by atoms with Crippen LogP contribution in [0.15, 0.2) is 59.3 Å². The summed E-state index contributed by atoms with van der Waals surface area (Å²) >= 11 is 3.32. The normalized spacial score (nSPS) is 10.2. The Morgan fingerprint density at radius 3 is 2.50 bits per heavy atom. The molecule has 154 valence electrons. The van der Waals surface area contributed by atoms with Crippen LogP contribution in [-0.2, 0) is 4.74 Å². The molecule has 0 bridgehead atoms. The molecule has 0 aliphatic carbocycles. The van der Waals surface area contributed by atoms with E-state index in [0.29, 0.717) is 16.8 Å². The van der Waals surface area contributed by atoms with Gasteiger partial charge in [-0.15, -0.1) is 0 Å². The molecule has 5 N–H and O–H groups in total. The minimum absolute atomic E-state index is 0.160. The Balaban J connectivity index is 1.75. The van der Waals surface area contributed by atoms with Crippen LogP contribution in [0.25, 0.3) is 0 Å². The summed E-state index contributed by atoms with van der Waals surface area (Å²) in [5, 5.41) is 3.01. The number of nitrogen functional groups attached to an aromatic ring is 1. The first-order valence-electron chi connectivity index (χ1n) is 8.95. The number of anilines is 4. The zero-order valence-corrected chi connectivity index (χ0v) is 17.6. The summed E-state index contributed by atoms with van der Waals surface area (Å²) < 4.78 is 5.94. The second kappa shape index (κ2) is 9.70. The number of nitrogens with two attached hydrogens (primary N) is 1. The molecule has 0 spiro atoms. The highest BCUT2D eigenvalue weighted by molar-refractivity contribution is 9.10. The SMILES string of the molecule is CCOC(=O)c1ccccc1Nc1ncnc(NNC(=O)c2ccc(Br)cc2)c1N. The van der Waals surface area contributed by atoms with Gasteiger partial charge in [0, 0.05) is 10.0 Å². The molecule has 0 aliphatic heterocycles. The van der Waals surface area contributed by atoms with Crippen molar-refractivity contribution in [3.05, 3.63) is 70.5 Å². The molecule has 0 fully saturated rings. The van der Waals surface area contributed by atoms with Gasteiger partial charge in [-0.2, -0.15) is 0 Å². The Labute approximate surface area is 181 Å². The van der Waals surface area contributed by atoms with Crippen LogP contribution in [-0.4, -0.2) is 28.5 Å². The van der Waals surface area contributed by atoms with Gasteiger partial charge in [-0.25, -0.2) is 14.8 Å². The lowest BCUT2D eigenvalue weighted by Gasteiger charge is -2.15. The van der Waals surface area contributed by atoms with Crippen molar-refractivity contribution in [3.8, 4) is 0 Å². The number of hydrogen-bond donors (Lipinski definition) is 4. The van der Waals surface area contributed by atoms with Crippen LogP contribution in [0.5, 0.6) is 0 Å². The zero-order chi connectivity index (χ0) is 21.5. The fourth-order valence-corrected chi connectivity index (χ4v) is 2.76. The first-order valence-corrected chi connectivity index (χ1v) is 9.74. The van der Waals surface area contributed by atoms with E-state index in [2.05, 4.69) is 42.1 Å². The van der Waals surface area contributed by atoms with Crippen LogP contribution >= 0.6 is 15.9 Å². The number of nitrogens with one attached hydrogen (secondary N) is 3. The Hall–Kier alpha value is -3.66. The van der Waals surface area contributed by atoms with Gasteiger partial charge in [-0.05, 0) is 43.3 Å². The lowest BCUT2D eigenvalue weighted by molar-refractivity contribution is 0.0527. The smallest absolute Gasteiger partial charge is 0.340 e. The highest BCUT2D eigenvalue weighted by Gasteiger charge is 2.15. The molecule has 1 amide bonds. The molecule has 1 heterocycles. The maximum Gasteiger partial charge on any atom is 0.340 e. The van der Waals surface area contributed by atoms with Crippen LogP contribution in [0, 0.1) is 0 Å². The van der Waals surface area contributed by atoms with Gasteiger partial charge in [0.05, 0.1) is 17.9 Å². The average Bonchev–Trinajstić information content (AvgIpc) is 2.75. The molecule has 3 aromatic rings. The number of hydrazine groups is 1. The number of para-hydroxylation sites is 1. The number of ether oxygens (including phenoxy) is 1. The topological polar surface area (TPSA) is 131 Å². The number of carbonyl (C=O) groups excluding carboxylic acids is 2. The average molecular weight is 471 g/mol. The van der Waals surface area contributed by atoms with Crippen molar-refractivity contribution >= 4 is 50.8 Å². The summed E-state index contributed by atoms with van der Waals surface area (Å²) in [5.74, 6) is -0.357. The second-order valence-corrected chi connectivity index (χ2v) is 6.88. The number of nitrogens with zero attached hydrogens (tertiary/aromatic N) is 2. The summed E-state index contributed by atoms with van der Waals surface area (Å²) in [6.45, 7) is 1.99. The molecule has 1 aromatic heterocycles. The van der Waals surface area contributed by atoms with E-state index in [9.17, 15) is 9.59 Å². The minimum Gasteiger partial charge on any atom is -0.462 e. The number of halogens is 1. The van der Waals surface area contributed by atoms with Crippen molar-refractivity contribution in [3.63, 3.8) is 0 Å². The maximum absolute atomic E-state index is 12.3. The van der Waals surface area contributed by atoms with Gasteiger partial charge in [0.15, 0.2) is 11.6 Å². The van der Waals surface area contributed by atoms with Gasteiger partial charge < -0.3 is 15.8 Å². The number of amides is 1. The molecular weight excluding hydrogens is 452 g/mol. The largest absolute Gasteiger partial charge is 0.462 e. The first-order chi connectivity index (χ1) is 14.5. The van der Waals surface area contributed by atoms with Crippen molar-refractivity contribution in [2.45, 2.75) is 6.92 Å². The van der Waals surface area contributed by atoms with E-state index in [-0.39, 0.29) is 29.8 Å². The molecule has 0 saturated carbocycles. The van der Waals surface area contributed by atoms with Crippen molar-refractivity contribution in [2.24, 2.45) is 0 Å². The molecule has 9 nitrogen and oxygen atoms in total. The standard InChI is InChI=1S/C20H19BrN6O3/c1-2-30-20(29)14-5-3-4-6-15(14)25-17-16(22)18(24-11-23-17)26-27-19(28)12-7-9-13(21)10-8-12/h3-11H,2,22H2,1H3,(H,27,28)(H2,23,24,25,26). The summed E-state index contributed by atoms with van der Waals surface area (Å²) in [6, 6.07) is 13.7. The van der Waals surface area contributed by atoms with E-state index < -0.39 is 5.97 Å². The van der Waals surface area contributed by atoms with Crippen molar-refractivity contribution < 1.29 is 14.3 Å². The predicted octanol–water partition coefficient (Wildman–Crippen LogP) is 3.50. The minimum atomic E-state index is -0.465. The van der Waals surface area contributed by atoms with Crippen LogP contribution in [0.3, 0.4) is 0 Å². The third kappa shape index (κ3) is 5.03. The van der Waals surface area contributed by atoms with Crippen molar-refractivity contribution in [1.82, 2.24) is 15.4 Å². The third-order valence-electron chi connectivity index (χ3n) is 3.96. The number of carbonyl (C=O) groups is 2. The van der Waals surface area contributed by atoms with Gasteiger partial charge in [0.1, 0.15) is 12.0 Å². The van der Waals surface area contributed by atoms with E-state index in [1.807, 2.05) is 0 Å². The Kier molecular flexibility index (Phi) is 6.81. The molecular formula is C20H19BrN6O3. The lowest BCUT2D eigenvalue weighted by Crippen LogP contribution is -2.30. The molecule has 3 rings (SSSR count). The third-order valence-corrected chi connectivity index (χ3v) is 4.49. The predicted molar refractivity (Wildman–Crippen MR) is 117 cm³/mol.